The number of halogens is 1. The molecular weight excluding hydrogens is 420 g/mol. The summed E-state index contributed by atoms with van der Waals surface area (Å²) in [5.41, 5.74) is 0.984. The molecule has 1 aromatic heterocycles. The Balaban J connectivity index is 1.87. The first-order chi connectivity index (χ1) is 12.5. The van der Waals surface area contributed by atoms with Crippen molar-refractivity contribution >= 4 is 39.1 Å². The van der Waals surface area contributed by atoms with Gasteiger partial charge in [0.05, 0.1) is 19.1 Å². The van der Waals surface area contributed by atoms with Crippen LogP contribution in [0.15, 0.2) is 34.1 Å². The smallest absolute Gasteiger partial charge is 0.261 e. The highest BCUT2D eigenvalue weighted by molar-refractivity contribution is 9.10. The monoisotopic (exact) mass is 440 g/mol. The molecule has 26 heavy (non-hydrogen) atoms. The maximum absolute atomic E-state index is 12.2. The van der Waals surface area contributed by atoms with E-state index in [1.165, 1.54) is 11.3 Å². The van der Waals surface area contributed by atoms with Gasteiger partial charge in [-0.25, -0.2) is 0 Å². The molecule has 6 nitrogen and oxygen atoms in total. The van der Waals surface area contributed by atoms with Gasteiger partial charge in [-0.3, -0.25) is 9.59 Å². The molecule has 0 radical (unpaired) electrons. The number of carbonyl (C=O) groups is 2. The highest BCUT2D eigenvalue weighted by Gasteiger charge is 2.17. The molecular formula is C18H21BrN2O4S. The summed E-state index contributed by atoms with van der Waals surface area (Å²) < 4.78 is 11.4. The van der Waals surface area contributed by atoms with Gasteiger partial charge in [-0.1, -0.05) is 22.0 Å². The first kappa shape index (κ1) is 20.3. The SMILES string of the molecule is COc1cc(Br)c(CCNC(=O)C(C)NC(=O)c2cccs2)cc1OC. The molecule has 2 N–H and O–H groups in total. The number of carbonyl (C=O) groups excluding carboxylic acids is 2. The van der Waals surface area contributed by atoms with Crippen LogP contribution in [-0.4, -0.2) is 38.6 Å². The largest absolute Gasteiger partial charge is 0.493 e. The van der Waals surface area contributed by atoms with Crippen molar-refractivity contribution in [3.63, 3.8) is 0 Å². The van der Waals surface area contributed by atoms with E-state index < -0.39 is 6.04 Å². The van der Waals surface area contributed by atoms with Crippen LogP contribution in [0.3, 0.4) is 0 Å². The molecule has 1 unspecified atom stereocenters. The first-order valence-electron chi connectivity index (χ1n) is 7.98. The van der Waals surface area contributed by atoms with Crippen molar-refractivity contribution in [3.05, 3.63) is 44.6 Å². The lowest BCUT2D eigenvalue weighted by Gasteiger charge is -2.15. The molecule has 1 atom stereocenters. The van der Waals surface area contributed by atoms with Crippen LogP contribution in [-0.2, 0) is 11.2 Å². The third kappa shape index (κ3) is 5.22. The molecule has 140 valence electrons. The summed E-state index contributed by atoms with van der Waals surface area (Å²) >= 11 is 4.83. The Kier molecular flexibility index (Phi) is 7.47. The number of rotatable bonds is 8. The number of nitrogens with one attached hydrogen (secondary N) is 2. The maximum atomic E-state index is 12.2. The second-order valence-electron chi connectivity index (χ2n) is 5.51. The standard InChI is InChI=1S/C18H21BrN2O4S/c1-11(21-18(23)16-5-4-8-26-16)17(22)20-7-6-12-9-14(24-2)15(25-3)10-13(12)19/h4-5,8-11H,6-7H2,1-3H3,(H,20,22)(H,21,23). The zero-order chi connectivity index (χ0) is 19.1. The normalized spacial score (nSPS) is 11.5. The number of hydrogen-bond donors (Lipinski definition) is 2. The molecule has 1 heterocycles. The molecule has 8 heteroatoms. The van der Waals surface area contributed by atoms with Crippen LogP contribution in [0.25, 0.3) is 0 Å². The van der Waals surface area contributed by atoms with E-state index in [-0.39, 0.29) is 11.8 Å². The number of benzene rings is 1. The van der Waals surface area contributed by atoms with Crippen molar-refractivity contribution in [1.29, 1.82) is 0 Å². The van der Waals surface area contributed by atoms with E-state index in [1.807, 2.05) is 17.5 Å². The van der Waals surface area contributed by atoms with Gasteiger partial charge in [0.25, 0.3) is 5.91 Å². The van der Waals surface area contributed by atoms with Gasteiger partial charge in [0, 0.05) is 11.0 Å². The minimum atomic E-state index is -0.613. The van der Waals surface area contributed by atoms with Gasteiger partial charge < -0.3 is 20.1 Å². The van der Waals surface area contributed by atoms with Crippen molar-refractivity contribution in [3.8, 4) is 11.5 Å². The molecule has 0 saturated heterocycles. The Hall–Kier alpha value is -2.06. The zero-order valence-electron chi connectivity index (χ0n) is 14.8. The summed E-state index contributed by atoms with van der Waals surface area (Å²) in [6, 6.07) is 6.61. The lowest BCUT2D eigenvalue weighted by atomic mass is 10.1. The zero-order valence-corrected chi connectivity index (χ0v) is 17.2. The van der Waals surface area contributed by atoms with E-state index >= 15 is 0 Å². The molecule has 0 spiro atoms. The second-order valence-corrected chi connectivity index (χ2v) is 7.31. The fraction of sp³-hybridized carbons (Fsp3) is 0.333. The molecule has 0 bridgehead atoms. The van der Waals surface area contributed by atoms with Crippen molar-refractivity contribution in [2.75, 3.05) is 20.8 Å². The minimum Gasteiger partial charge on any atom is -0.493 e. The van der Waals surface area contributed by atoms with Gasteiger partial charge in [0.2, 0.25) is 5.91 Å². The molecule has 0 fully saturated rings. The van der Waals surface area contributed by atoms with Crippen molar-refractivity contribution in [2.24, 2.45) is 0 Å². The van der Waals surface area contributed by atoms with Gasteiger partial charge in [0.1, 0.15) is 6.04 Å². The number of thiophene rings is 1. The Morgan fingerprint density at radius 2 is 1.92 bits per heavy atom. The fourth-order valence-electron chi connectivity index (χ4n) is 2.30. The number of amides is 2. The van der Waals surface area contributed by atoms with Crippen LogP contribution in [0.1, 0.15) is 22.2 Å². The van der Waals surface area contributed by atoms with Gasteiger partial charge >= 0.3 is 0 Å². The highest BCUT2D eigenvalue weighted by atomic mass is 79.9. The molecule has 0 aliphatic heterocycles. The van der Waals surface area contributed by atoms with Crippen molar-refractivity contribution in [2.45, 2.75) is 19.4 Å². The van der Waals surface area contributed by atoms with E-state index in [2.05, 4.69) is 26.6 Å². The molecule has 0 aliphatic carbocycles. The average Bonchev–Trinajstić information content (AvgIpc) is 3.17. The Bertz CT molecular complexity index is 765. The minimum absolute atomic E-state index is 0.230. The third-order valence-corrected chi connectivity index (χ3v) is 5.34. The van der Waals surface area contributed by atoms with Crippen LogP contribution >= 0.6 is 27.3 Å². The van der Waals surface area contributed by atoms with Crippen LogP contribution in [0.5, 0.6) is 11.5 Å². The predicted molar refractivity (Wildman–Crippen MR) is 105 cm³/mol. The third-order valence-electron chi connectivity index (χ3n) is 3.73. The predicted octanol–water partition coefficient (Wildman–Crippen LogP) is 3.01. The molecule has 2 amide bonds. The average molecular weight is 441 g/mol. The van der Waals surface area contributed by atoms with Gasteiger partial charge in [-0.2, -0.15) is 0 Å². The Morgan fingerprint density at radius 1 is 1.23 bits per heavy atom. The van der Waals surface area contributed by atoms with Crippen LogP contribution in [0.2, 0.25) is 0 Å². The molecule has 0 saturated carbocycles. The topological polar surface area (TPSA) is 76.7 Å². The molecule has 2 aromatic rings. The molecule has 0 aliphatic rings. The van der Waals surface area contributed by atoms with Crippen LogP contribution in [0, 0.1) is 0 Å². The number of hydrogen-bond acceptors (Lipinski definition) is 5. The van der Waals surface area contributed by atoms with Crippen molar-refractivity contribution in [1.82, 2.24) is 10.6 Å². The lowest BCUT2D eigenvalue weighted by Crippen LogP contribution is -2.45. The van der Waals surface area contributed by atoms with Gasteiger partial charge in [-0.05, 0) is 42.5 Å². The number of ether oxygens (including phenoxy) is 2. The van der Waals surface area contributed by atoms with Gasteiger partial charge in [-0.15, -0.1) is 11.3 Å². The fourth-order valence-corrected chi connectivity index (χ4v) is 3.45. The lowest BCUT2D eigenvalue weighted by molar-refractivity contribution is -0.122. The molecule has 1 aromatic carbocycles. The summed E-state index contributed by atoms with van der Waals surface area (Å²) in [4.78, 5) is 24.7. The Labute approximate surface area is 165 Å². The van der Waals surface area contributed by atoms with Crippen LogP contribution < -0.4 is 20.1 Å². The van der Waals surface area contributed by atoms with Crippen molar-refractivity contribution < 1.29 is 19.1 Å². The van der Waals surface area contributed by atoms with E-state index in [0.717, 1.165) is 10.0 Å². The summed E-state index contributed by atoms with van der Waals surface area (Å²) in [6.45, 7) is 2.10. The Morgan fingerprint density at radius 3 is 2.54 bits per heavy atom. The summed E-state index contributed by atoms with van der Waals surface area (Å²) in [6.07, 6.45) is 0.609. The second kappa shape index (κ2) is 9.59. The van der Waals surface area contributed by atoms with E-state index in [1.54, 1.807) is 33.3 Å². The number of methoxy groups -OCH3 is 2. The first-order valence-corrected chi connectivity index (χ1v) is 9.66. The summed E-state index contributed by atoms with van der Waals surface area (Å²) in [5, 5.41) is 7.34. The van der Waals surface area contributed by atoms with E-state index in [9.17, 15) is 9.59 Å². The quantitative estimate of drug-likeness (QED) is 0.661. The van der Waals surface area contributed by atoms with E-state index in [0.29, 0.717) is 29.3 Å². The maximum Gasteiger partial charge on any atom is 0.261 e. The highest BCUT2D eigenvalue weighted by Crippen LogP contribution is 2.33. The summed E-state index contributed by atoms with van der Waals surface area (Å²) in [5.74, 6) is 0.794. The molecule has 2 rings (SSSR count). The summed E-state index contributed by atoms with van der Waals surface area (Å²) in [7, 11) is 3.16. The van der Waals surface area contributed by atoms with E-state index in [4.69, 9.17) is 9.47 Å². The van der Waals surface area contributed by atoms with Gasteiger partial charge in [0.15, 0.2) is 11.5 Å². The van der Waals surface area contributed by atoms with Crippen LogP contribution in [0.4, 0.5) is 0 Å².